The van der Waals surface area contributed by atoms with E-state index in [0.29, 0.717) is 0 Å². The molecule has 0 aliphatic carbocycles. The van der Waals surface area contributed by atoms with Gasteiger partial charge in [0.05, 0.1) is 18.8 Å². The van der Waals surface area contributed by atoms with Gasteiger partial charge in [0.25, 0.3) is 0 Å². The topological polar surface area (TPSA) is 34.1 Å². The number of ether oxygens (including phenoxy) is 1. The monoisotopic (exact) mass is 252 g/mol. The zero-order chi connectivity index (χ0) is 12.9. The molecule has 0 bridgehead atoms. The van der Waals surface area contributed by atoms with E-state index in [0.717, 1.165) is 6.20 Å². The van der Waals surface area contributed by atoms with E-state index >= 15 is 0 Å². The van der Waals surface area contributed by atoms with Gasteiger partial charge in [-0.3, -0.25) is 4.98 Å². The van der Waals surface area contributed by atoms with Crippen LogP contribution in [0.2, 0.25) is 0 Å². The van der Waals surface area contributed by atoms with Crippen LogP contribution in [0.1, 0.15) is 11.6 Å². The number of alkyl halides is 3. The van der Waals surface area contributed by atoms with Crippen LogP contribution in [0.5, 0.6) is 0 Å². The molecule has 0 aromatic carbocycles. The molecule has 1 aromatic rings. The fraction of sp³-hybridized carbons (Fsp3) is 0.500. The smallest absolute Gasteiger partial charge is 0.370 e. The molecular weight excluding hydrogens is 240 g/mol. The van der Waals surface area contributed by atoms with Crippen LogP contribution in [-0.2, 0) is 4.74 Å². The van der Waals surface area contributed by atoms with Crippen LogP contribution in [0.15, 0.2) is 18.5 Å². The number of hydrogen-bond acceptors (Lipinski definition) is 3. The van der Waals surface area contributed by atoms with Crippen molar-refractivity contribution in [1.82, 2.24) is 10.3 Å². The van der Waals surface area contributed by atoms with E-state index in [9.17, 15) is 17.6 Å². The van der Waals surface area contributed by atoms with Crippen molar-refractivity contribution < 1.29 is 22.3 Å². The Balaban J connectivity index is 2.58. The second kappa shape index (κ2) is 5.92. The Labute approximate surface area is 95.8 Å². The molecule has 0 aliphatic rings. The van der Waals surface area contributed by atoms with Gasteiger partial charge in [0, 0.05) is 11.8 Å². The molecule has 0 fully saturated rings. The Morgan fingerprint density at radius 3 is 2.71 bits per heavy atom. The summed E-state index contributed by atoms with van der Waals surface area (Å²) in [5, 5.41) is 2.69. The van der Waals surface area contributed by atoms with Crippen LogP contribution in [-0.4, -0.2) is 31.4 Å². The van der Waals surface area contributed by atoms with Crippen molar-refractivity contribution in [3.63, 3.8) is 0 Å². The highest BCUT2D eigenvalue weighted by molar-refractivity contribution is 5.17. The first-order valence-corrected chi connectivity index (χ1v) is 4.85. The Hall–Kier alpha value is -1.21. The maximum atomic E-state index is 13.3. The number of nitrogens with zero attached hydrogens (tertiary/aromatic N) is 1. The number of rotatable bonds is 5. The van der Waals surface area contributed by atoms with Gasteiger partial charge in [0.2, 0.25) is 0 Å². The van der Waals surface area contributed by atoms with Crippen LogP contribution in [0.3, 0.4) is 0 Å². The van der Waals surface area contributed by atoms with E-state index < -0.39 is 24.6 Å². The number of hydrogen-bond donors (Lipinski definition) is 1. The summed E-state index contributed by atoms with van der Waals surface area (Å²) in [7, 11) is 1.52. The van der Waals surface area contributed by atoms with Gasteiger partial charge in [-0.25, -0.2) is 4.39 Å². The van der Waals surface area contributed by atoms with Gasteiger partial charge in [-0.05, 0) is 13.1 Å². The van der Waals surface area contributed by atoms with Gasteiger partial charge in [-0.15, -0.1) is 0 Å². The SMILES string of the molecule is CNC(COCC(F)(F)F)c1ccncc1F. The van der Waals surface area contributed by atoms with Crippen molar-refractivity contribution in [3.05, 3.63) is 29.8 Å². The van der Waals surface area contributed by atoms with Crippen molar-refractivity contribution in [2.75, 3.05) is 20.3 Å². The molecule has 0 amide bonds. The number of halogens is 4. The fourth-order valence-corrected chi connectivity index (χ4v) is 1.29. The van der Waals surface area contributed by atoms with Gasteiger partial charge in [0.1, 0.15) is 12.4 Å². The van der Waals surface area contributed by atoms with Crippen molar-refractivity contribution in [3.8, 4) is 0 Å². The molecule has 17 heavy (non-hydrogen) atoms. The fourth-order valence-electron chi connectivity index (χ4n) is 1.29. The molecule has 7 heteroatoms. The van der Waals surface area contributed by atoms with Crippen LogP contribution in [0.4, 0.5) is 17.6 Å². The molecule has 1 unspecified atom stereocenters. The van der Waals surface area contributed by atoms with E-state index in [-0.39, 0.29) is 12.2 Å². The third-order valence-corrected chi connectivity index (χ3v) is 2.08. The second-order valence-electron chi connectivity index (χ2n) is 3.37. The first-order valence-electron chi connectivity index (χ1n) is 4.85. The lowest BCUT2D eigenvalue weighted by atomic mass is 10.1. The zero-order valence-corrected chi connectivity index (χ0v) is 9.09. The molecule has 3 nitrogen and oxygen atoms in total. The molecule has 0 spiro atoms. The highest BCUT2D eigenvalue weighted by Gasteiger charge is 2.28. The molecule has 0 saturated carbocycles. The lowest BCUT2D eigenvalue weighted by Gasteiger charge is -2.17. The summed E-state index contributed by atoms with van der Waals surface area (Å²) >= 11 is 0. The average Bonchev–Trinajstić information content (AvgIpc) is 2.24. The summed E-state index contributed by atoms with van der Waals surface area (Å²) in [5.74, 6) is -0.581. The second-order valence-corrected chi connectivity index (χ2v) is 3.37. The van der Waals surface area contributed by atoms with E-state index in [1.807, 2.05) is 0 Å². The highest BCUT2D eigenvalue weighted by atomic mass is 19.4. The zero-order valence-electron chi connectivity index (χ0n) is 9.09. The van der Waals surface area contributed by atoms with Gasteiger partial charge in [0.15, 0.2) is 0 Å². The molecule has 0 aliphatic heterocycles. The third kappa shape index (κ3) is 4.66. The summed E-state index contributed by atoms with van der Waals surface area (Å²) in [5.41, 5.74) is 0.227. The maximum absolute atomic E-state index is 13.3. The summed E-state index contributed by atoms with van der Waals surface area (Å²) in [6.45, 7) is -1.62. The summed E-state index contributed by atoms with van der Waals surface area (Å²) in [4.78, 5) is 3.56. The standard InChI is InChI=1S/C10H12F4N2O/c1-15-9(5-17-6-10(12,13)14)7-2-3-16-4-8(7)11/h2-4,9,15H,5-6H2,1H3. The lowest BCUT2D eigenvalue weighted by Crippen LogP contribution is -2.26. The largest absolute Gasteiger partial charge is 0.411 e. The molecule has 1 atom stereocenters. The normalized spacial score (nSPS) is 13.7. The van der Waals surface area contributed by atoms with Gasteiger partial charge in [-0.1, -0.05) is 0 Å². The minimum atomic E-state index is -4.38. The van der Waals surface area contributed by atoms with E-state index in [4.69, 9.17) is 0 Å². The van der Waals surface area contributed by atoms with Crippen molar-refractivity contribution >= 4 is 0 Å². The minimum absolute atomic E-state index is 0.227. The molecule has 1 rings (SSSR count). The minimum Gasteiger partial charge on any atom is -0.370 e. The van der Waals surface area contributed by atoms with Gasteiger partial charge >= 0.3 is 6.18 Å². The van der Waals surface area contributed by atoms with Crippen LogP contribution in [0, 0.1) is 5.82 Å². The molecule has 1 N–H and O–H groups in total. The number of pyridine rings is 1. The molecule has 96 valence electrons. The molecule has 1 heterocycles. The Morgan fingerprint density at radius 1 is 1.47 bits per heavy atom. The quantitative estimate of drug-likeness (QED) is 0.814. The van der Waals surface area contributed by atoms with Gasteiger partial charge in [-0.2, -0.15) is 13.2 Å². The number of nitrogens with one attached hydrogen (secondary N) is 1. The molecular formula is C10H12F4N2O. The summed E-state index contributed by atoms with van der Waals surface area (Å²) in [6, 6.07) is 0.758. The Bertz CT molecular complexity index is 356. The van der Waals surface area contributed by atoms with Crippen LogP contribution < -0.4 is 5.32 Å². The van der Waals surface area contributed by atoms with Crippen LogP contribution in [0.25, 0.3) is 0 Å². The van der Waals surface area contributed by atoms with Gasteiger partial charge < -0.3 is 10.1 Å². The van der Waals surface area contributed by atoms with Crippen LogP contribution >= 0.6 is 0 Å². The van der Waals surface area contributed by atoms with E-state index in [1.54, 1.807) is 0 Å². The van der Waals surface area contributed by atoms with E-state index in [1.165, 1.54) is 19.3 Å². The van der Waals surface area contributed by atoms with E-state index in [2.05, 4.69) is 15.0 Å². The Kier molecular flexibility index (Phi) is 4.83. The third-order valence-electron chi connectivity index (χ3n) is 2.08. The molecule has 0 saturated heterocycles. The Morgan fingerprint density at radius 2 is 2.18 bits per heavy atom. The first-order chi connectivity index (χ1) is 7.94. The average molecular weight is 252 g/mol. The lowest BCUT2D eigenvalue weighted by molar-refractivity contribution is -0.175. The molecule has 1 aromatic heterocycles. The van der Waals surface area contributed by atoms with Crippen molar-refractivity contribution in [2.24, 2.45) is 0 Å². The first kappa shape index (κ1) is 13.9. The predicted molar refractivity (Wildman–Crippen MR) is 52.9 cm³/mol. The highest BCUT2D eigenvalue weighted by Crippen LogP contribution is 2.18. The summed E-state index contributed by atoms with van der Waals surface area (Å²) < 4.78 is 53.4. The number of likely N-dealkylation sites (N-methyl/N-ethyl adjacent to an activating group) is 1. The summed E-state index contributed by atoms with van der Waals surface area (Å²) in [6.07, 6.45) is -2.01. The maximum Gasteiger partial charge on any atom is 0.411 e. The van der Waals surface area contributed by atoms with Crippen molar-refractivity contribution in [1.29, 1.82) is 0 Å². The number of aromatic nitrogens is 1. The molecule has 0 radical (unpaired) electrons. The predicted octanol–water partition coefficient (Wildman–Crippen LogP) is 2.06. The van der Waals surface area contributed by atoms with Crippen molar-refractivity contribution in [2.45, 2.75) is 12.2 Å².